The molecule has 0 aliphatic carbocycles. The maximum atomic E-state index is 2.41. The normalized spacial score (nSPS) is 15.2. The minimum absolute atomic E-state index is 0.649. The van der Waals surface area contributed by atoms with Crippen LogP contribution in [-0.4, -0.2) is 18.5 Å². The van der Waals surface area contributed by atoms with Gasteiger partial charge in [0.15, 0.2) is 0 Å². The molecule has 0 saturated heterocycles. The zero-order valence-corrected chi connectivity index (χ0v) is 12.1. The second kappa shape index (κ2) is 6.80. The van der Waals surface area contributed by atoms with Crippen LogP contribution in [0, 0.1) is 0 Å². The number of benzene rings is 1. The van der Waals surface area contributed by atoms with Crippen LogP contribution in [0.5, 0.6) is 0 Å². The first kappa shape index (κ1) is 14.2. The second-order valence-corrected chi connectivity index (χ2v) is 5.33. The van der Waals surface area contributed by atoms with Gasteiger partial charge in [0.1, 0.15) is 0 Å². The Morgan fingerprint density at radius 2 is 1.88 bits per heavy atom. The molecule has 0 atom stereocenters. The molecule has 1 aromatic carbocycles. The first-order chi connectivity index (χ1) is 8.10. The van der Waals surface area contributed by atoms with Crippen molar-refractivity contribution in [3.05, 3.63) is 34.9 Å². The molecule has 0 saturated carbocycles. The molecule has 0 bridgehead atoms. The summed E-state index contributed by atoms with van der Waals surface area (Å²) in [7, 11) is 2.21. The Morgan fingerprint density at radius 3 is 2.47 bits per heavy atom. The first-order valence-electron chi connectivity index (χ1n) is 6.89. The van der Waals surface area contributed by atoms with E-state index in [9.17, 15) is 0 Å². The van der Waals surface area contributed by atoms with Crippen molar-refractivity contribution in [2.24, 2.45) is 0 Å². The predicted molar refractivity (Wildman–Crippen MR) is 76.5 cm³/mol. The van der Waals surface area contributed by atoms with Crippen molar-refractivity contribution in [2.45, 2.75) is 53.0 Å². The Kier molecular flexibility index (Phi) is 5.70. The van der Waals surface area contributed by atoms with Crippen LogP contribution in [0.3, 0.4) is 0 Å². The van der Waals surface area contributed by atoms with Gasteiger partial charge in [-0.1, -0.05) is 52.3 Å². The van der Waals surface area contributed by atoms with Crippen molar-refractivity contribution in [3.8, 4) is 0 Å². The van der Waals surface area contributed by atoms with E-state index in [-0.39, 0.29) is 0 Å². The Hall–Kier alpha value is -0.820. The van der Waals surface area contributed by atoms with Crippen LogP contribution < -0.4 is 0 Å². The highest BCUT2D eigenvalue weighted by Crippen LogP contribution is 2.26. The molecule has 17 heavy (non-hydrogen) atoms. The molecule has 1 aliphatic rings. The lowest BCUT2D eigenvalue weighted by atomic mass is 9.90. The van der Waals surface area contributed by atoms with Gasteiger partial charge in [-0.3, -0.25) is 0 Å². The van der Waals surface area contributed by atoms with Gasteiger partial charge in [-0.05, 0) is 36.1 Å². The van der Waals surface area contributed by atoms with Crippen LogP contribution in [0.2, 0.25) is 0 Å². The highest BCUT2D eigenvalue weighted by molar-refractivity contribution is 5.38. The molecule has 1 aliphatic heterocycles. The summed E-state index contributed by atoms with van der Waals surface area (Å²) in [6.45, 7) is 11.1. The van der Waals surface area contributed by atoms with Gasteiger partial charge in [-0.15, -0.1) is 0 Å². The lowest BCUT2D eigenvalue weighted by Gasteiger charge is -2.28. The number of nitrogens with zero attached hydrogens (tertiary/aromatic N) is 1. The molecule has 0 aromatic heterocycles. The van der Waals surface area contributed by atoms with Gasteiger partial charge in [-0.25, -0.2) is 0 Å². The zero-order chi connectivity index (χ0) is 12.8. The summed E-state index contributed by atoms with van der Waals surface area (Å²) in [5.41, 5.74) is 4.68. The molecule has 0 N–H and O–H groups in total. The Labute approximate surface area is 107 Å². The van der Waals surface area contributed by atoms with E-state index in [0.29, 0.717) is 5.92 Å². The van der Waals surface area contributed by atoms with Crippen LogP contribution in [-0.2, 0) is 13.0 Å². The minimum Gasteiger partial charge on any atom is -0.302 e. The summed E-state index contributed by atoms with van der Waals surface area (Å²) in [5, 5.41) is 0. The highest BCUT2D eigenvalue weighted by atomic mass is 15.1. The number of hydrogen-bond donors (Lipinski definition) is 0. The average Bonchev–Trinajstić information content (AvgIpc) is 2.29. The van der Waals surface area contributed by atoms with Crippen molar-refractivity contribution >= 4 is 0 Å². The highest BCUT2D eigenvalue weighted by Gasteiger charge is 2.16. The maximum absolute atomic E-state index is 2.41. The molecule has 96 valence electrons. The van der Waals surface area contributed by atoms with Crippen LogP contribution in [0.25, 0.3) is 0 Å². The van der Waals surface area contributed by atoms with E-state index in [0.717, 1.165) is 6.54 Å². The van der Waals surface area contributed by atoms with Crippen molar-refractivity contribution in [2.75, 3.05) is 13.6 Å². The lowest BCUT2D eigenvalue weighted by molar-refractivity contribution is 0.311. The van der Waals surface area contributed by atoms with Gasteiger partial charge >= 0.3 is 0 Å². The van der Waals surface area contributed by atoms with Gasteiger partial charge in [0.2, 0.25) is 0 Å². The summed E-state index contributed by atoms with van der Waals surface area (Å²) in [6, 6.07) is 6.77. The van der Waals surface area contributed by atoms with E-state index in [1.54, 1.807) is 11.1 Å². The molecular formula is C16H27N. The number of likely N-dealkylation sites (N-methyl/N-ethyl adjacent to an activating group) is 1. The Morgan fingerprint density at radius 1 is 1.24 bits per heavy atom. The summed E-state index contributed by atoms with van der Waals surface area (Å²) in [6.07, 6.45) is 2.46. The van der Waals surface area contributed by atoms with E-state index >= 15 is 0 Å². The molecule has 0 unspecified atom stereocenters. The van der Waals surface area contributed by atoms with Gasteiger partial charge in [0, 0.05) is 13.1 Å². The molecule has 0 amide bonds. The third kappa shape index (κ3) is 3.85. The van der Waals surface area contributed by atoms with Crippen LogP contribution in [0.1, 0.15) is 56.7 Å². The first-order valence-corrected chi connectivity index (χ1v) is 6.89. The average molecular weight is 233 g/mol. The predicted octanol–water partition coefficient (Wildman–Crippen LogP) is 4.21. The van der Waals surface area contributed by atoms with Gasteiger partial charge < -0.3 is 4.90 Å². The molecule has 2 rings (SSSR count). The number of rotatable bonds is 1. The maximum Gasteiger partial charge on any atom is 0.0236 e. The van der Waals surface area contributed by atoms with E-state index in [2.05, 4.69) is 57.8 Å². The largest absolute Gasteiger partial charge is 0.302 e. The molecule has 1 nitrogen and oxygen atoms in total. The Balaban J connectivity index is 0.000000437. The summed E-state index contributed by atoms with van der Waals surface area (Å²) in [5.74, 6) is 0.649. The standard InChI is InChI=1S/C13H19N.C3H8/c1-10(2)12-6-4-5-11-7-8-14(3)9-13(11)12;1-3-2/h4-6,10H,7-9H2,1-3H3;3H2,1-2H3. The van der Waals surface area contributed by atoms with Crippen molar-refractivity contribution in [1.82, 2.24) is 4.90 Å². The lowest BCUT2D eigenvalue weighted by Crippen LogP contribution is -2.27. The smallest absolute Gasteiger partial charge is 0.0236 e. The molecule has 0 spiro atoms. The zero-order valence-electron chi connectivity index (χ0n) is 12.1. The summed E-state index contributed by atoms with van der Waals surface area (Å²) >= 11 is 0. The van der Waals surface area contributed by atoms with Gasteiger partial charge in [0.25, 0.3) is 0 Å². The Bertz CT molecular complexity index is 341. The number of fused-ring (bicyclic) bond motifs is 1. The molecule has 1 heterocycles. The van der Waals surface area contributed by atoms with Crippen molar-refractivity contribution < 1.29 is 0 Å². The van der Waals surface area contributed by atoms with E-state index in [1.807, 2.05) is 0 Å². The molecule has 1 heteroatoms. The van der Waals surface area contributed by atoms with Crippen molar-refractivity contribution in [1.29, 1.82) is 0 Å². The molecular weight excluding hydrogens is 206 g/mol. The van der Waals surface area contributed by atoms with E-state index < -0.39 is 0 Å². The van der Waals surface area contributed by atoms with Crippen LogP contribution >= 0.6 is 0 Å². The SMILES string of the molecule is CC(C)c1cccc2c1CN(C)CC2.CCC. The monoisotopic (exact) mass is 233 g/mol. The number of hydrogen-bond acceptors (Lipinski definition) is 1. The van der Waals surface area contributed by atoms with Gasteiger partial charge in [-0.2, -0.15) is 0 Å². The van der Waals surface area contributed by atoms with E-state index in [1.165, 1.54) is 24.9 Å². The third-order valence-corrected chi connectivity index (χ3v) is 3.12. The topological polar surface area (TPSA) is 3.24 Å². The molecule has 0 fully saturated rings. The van der Waals surface area contributed by atoms with Crippen LogP contribution in [0.4, 0.5) is 0 Å². The van der Waals surface area contributed by atoms with E-state index in [4.69, 9.17) is 0 Å². The fraction of sp³-hybridized carbons (Fsp3) is 0.625. The fourth-order valence-corrected chi connectivity index (χ4v) is 2.28. The minimum atomic E-state index is 0.649. The second-order valence-electron chi connectivity index (χ2n) is 5.33. The van der Waals surface area contributed by atoms with Crippen LogP contribution in [0.15, 0.2) is 18.2 Å². The third-order valence-electron chi connectivity index (χ3n) is 3.12. The summed E-state index contributed by atoms with van der Waals surface area (Å²) in [4.78, 5) is 2.41. The molecule has 1 aromatic rings. The van der Waals surface area contributed by atoms with Gasteiger partial charge in [0.05, 0.1) is 0 Å². The molecule has 0 radical (unpaired) electrons. The van der Waals surface area contributed by atoms with Crippen molar-refractivity contribution in [3.63, 3.8) is 0 Å². The fourth-order valence-electron chi connectivity index (χ4n) is 2.28. The quantitative estimate of drug-likeness (QED) is 0.702. The summed E-state index contributed by atoms with van der Waals surface area (Å²) < 4.78 is 0.